The van der Waals surface area contributed by atoms with Crippen LogP contribution in [0.2, 0.25) is 5.02 Å². The van der Waals surface area contributed by atoms with Gasteiger partial charge in [-0.15, -0.1) is 0 Å². The van der Waals surface area contributed by atoms with Crippen LogP contribution < -0.4 is 10.5 Å². The highest BCUT2D eigenvalue weighted by Crippen LogP contribution is 2.17. The van der Waals surface area contributed by atoms with Crippen molar-refractivity contribution in [1.82, 2.24) is 4.72 Å². The molecule has 3 N–H and O–H groups in total. The van der Waals surface area contributed by atoms with E-state index < -0.39 is 40.5 Å². The van der Waals surface area contributed by atoms with Crippen molar-refractivity contribution in [2.24, 2.45) is 11.7 Å². The lowest BCUT2D eigenvalue weighted by Crippen LogP contribution is -2.45. The van der Waals surface area contributed by atoms with Gasteiger partial charge in [-0.05, 0) is 24.1 Å². The topological polar surface area (TPSA) is 116 Å². The molecule has 1 aromatic carbocycles. The van der Waals surface area contributed by atoms with Gasteiger partial charge in [-0.25, -0.2) is 8.42 Å². The van der Waals surface area contributed by atoms with Crippen molar-refractivity contribution < 1.29 is 22.7 Å². The lowest BCUT2D eigenvalue weighted by Gasteiger charge is -2.20. The average Bonchev–Trinajstić information content (AvgIpc) is 2.42. The highest BCUT2D eigenvalue weighted by Gasteiger charge is 2.30. The number of esters is 1. The summed E-state index contributed by atoms with van der Waals surface area (Å²) in [7, 11) is -3.96. The Kier molecular flexibility index (Phi) is 6.34. The van der Waals surface area contributed by atoms with Crippen LogP contribution in [0.1, 0.15) is 13.8 Å². The minimum Gasteiger partial charge on any atom is -0.454 e. The van der Waals surface area contributed by atoms with Crippen molar-refractivity contribution in [1.29, 1.82) is 0 Å². The van der Waals surface area contributed by atoms with Gasteiger partial charge in [0.25, 0.3) is 5.91 Å². The molecule has 0 saturated heterocycles. The van der Waals surface area contributed by atoms with E-state index in [1.807, 2.05) is 0 Å². The summed E-state index contributed by atoms with van der Waals surface area (Å²) in [6.45, 7) is 2.66. The molecule has 0 saturated carbocycles. The van der Waals surface area contributed by atoms with Crippen LogP contribution in [0, 0.1) is 5.92 Å². The molecule has 1 rings (SSSR count). The summed E-state index contributed by atoms with van der Waals surface area (Å²) in [5.74, 6) is -2.10. The zero-order valence-electron chi connectivity index (χ0n) is 12.1. The molecule has 0 bridgehead atoms. The minimum absolute atomic E-state index is 0.0756. The lowest BCUT2D eigenvalue weighted by atomic mass is 10.1. The summed E-state index contributed by atoms with van der Waals surface area (Å²) in [6, 6.07) is 4.47. The molecule has 1 aromatic rings. The molecule has 0 radical (unpaired) electrons. The molecule has 0 aliphatic rings. The molecule has 22 heavy (non-hydrogen) atoms. The van der Waals surface area contributed by atoms with E-state index >= 15 is 0 Å². The van der Waals surface area contributed by atoms with Crippen molar-refractivity contribution in [2.75, 3.05) is 6.61 Å². The SMILES string of the molecule is CC(C)[C@H](NS(=O)(=O)c1cccc(Cl)c1)C(=O)OCC(N)=O. The molecule has 0 unspecified atom stereocenters. The number of carbonyl (C=O) groups is 2. The van der Waals surface area contributed by atoms with E-state index in [9.17, 15) is 18.0 Å². The third-order valence-electron chi connectivity index (χ3n) is 2.67. The normalized spacial score (nSPS) is 12.9. The number of hydrogen-bond donors (Lipinski definition) is 2. The number of ether oxygens (including phenoxy) is 1. The fourth-order valence-electron chi connectivity index (χ4n) is 1.56. The number of halogens is 1. The van der Waals surface area contributed by atoms with Gasteiger partial charge in [-0.2, -0.15) is 4.72 Å². The van der Waals surface area contributed by atoms with Crippen LogP contribution in [0.15, 0.2) is 29.2 Å². The highest BCUT2D eigenvalue weighted by molar-refractivity contribution is 7.89. The first-order chi connectivity index (χ1) is 10.1. The standard InChI is InChI=1S/C13H17ClN2O5S/c1-8(2)12(13(18)21-7-11(15)17)16-22(19,20)10-5-3-4-9(14)6-10/h3-6,8,12,16H,7H2,1-2H3,(H2,15,17)/t12-/m0/s1. The first-order valence-corrected chi connectivity index (χ1v) is 8.22. The smallest absolute Gasteiger partial charge is 0.324 e. The molecule has 0 spiro atoms. The van der Waals surface area contributed by atoms with Gasteiger partial charge in [0.1, 0.15) is 6.04 Å². The Labute approximate surface area is 133 Å². The molecular weight excluding hydrogens is 332 g/mol. The predicted molar refractivity (Wildman–Crippen MR) is 80.6 cm³/mol. The molecule has 0 fully saturated rings. The Morgan fingerprint density at radius 3 is 2.50 bits per heavy atom. The van der Waals surface area contributed by atoms with Crippen LogP contribution in [0.5, 0.6) is 0 Å². The van der Waals surface area contributed by atoms with Crippen LogP contribution in [0.4, 0.5) is 0 Å². The third-order valence-corrected chi connectivity index (χ3v) is 4.34. The quantitative estimate of drug-likeness (QED) is 0.703. The molecule has 0 aromatic heterocycles. The van der Waals surface area contributed by atoms with Gasteiger partial charge < -0.3 is 10.5 Å². The number of primary amides is 1. The molecule has 0 heterocycles. The van der Waals surface area contributed by atoms with E-state index in [4.69, 9.17) is 17.3 Å². The van der Waals surface area contributed by atoms with Crippen molar-refractivity contribution in [3.8, 4) is 0 Å². The van der Waals surface area contributed by atoms with Crippen molar-refractivity contribution >= 4 is 33.5 Å². The second-order valence-electron chi connectivity index (χ2n) is 4.87. The van der Waals surface area contributed by atoms with Gasteiger partial charge in [0.2, 0.25) is 10.0 Å². The van der Waals surface area contributed by atoms with Gasteiger partial charge in [0.05, 0.1) is 4.90 Å². The summed E-state index contributed by atoms with van der Waals surface area (Å²) in [6.07, 6.45) is 0. The van der Waals surface area contributed by atoms with E-state index in [-0.39, 0.29) is 9.92 Å². The average molecular weight is 349 g/mol. The number of nitrogens with one attached hydrogen (secondary N) is 1. The maximum atomic E-state index is 12.3. The van der Waals surface area contributed by atoms with E-state index in [0.717, 1.165) is 0 Å². The number of hydrogen-bond acceptors (Lipinski definition) is 5. The Balaban J connectivity index is 2.95. The predicted octanol–water partition coefficient (Wildman–Crippen LogP) is 0.671. The van der Waals surface area contributed by atoms with Crippen LogP contribution in [-0.2, 0) is 24.3 Å². The first-order valence-electron chi connectivity index (χ1n) is 6.36. The lowest BCUT2D eigenvalue weighted by molar-refractivity contribution is -0.150. The van der Waals surface area contributed by atoms with E-state index in [1.54, 1.807) is 13.8 Å². The van der Waals surface area contributed by atoms with Gasteiger partial charge in [-0.1, -0.05) is 31.5 Å². The minimum atomic E-state index is -3.96. The molecule has 0 aliphatic carbocycles. The van der Waals surface area contributed by atoms with E-state index in [1.165, 1.54) is 24.3 Å². The fourth-order valence-corrected chi connectivity index (χ4v) is 3.19. The zero-order chi connectivity index (χ0) is 16.9. The van der Waals surface area contributed by atoms with Crippen LogP contribution in [0.25, 0.3) is 0 Å². The summed E-state index contributed by atoms with van der Waals surface area (Å²) in [4.78, 5) is 22.4. The maximum Gasteiger partial charge on any atom is 0.324 e. The van der Waals surface area contributed by atoms with E-state index in [0.29, 0.717) is 0 Å². The van der Waals surface area contributed by atoms with Crippen molar-refractivity contribution in [3.63, 3.8) is 0 Å². The molecule has 9 heteroatoms. The highest BCUT2D eigenvalue weighted by atomic mass is 35.5. The summed E-state index contributed by atoms with van der Waals surface area (Å²) in [5.41, 5.74) is 4.88. The summed E-state index contributed by atoms with van der Waals surface area (Å²) >= 11 is 5.76. The van der Waals surface area contributed by atoms with Crippen molar-refractivity contribution in [2.45, 2.75) is 24.8 Å². The number of rotatable bonds is 7. The molecule has 1 atom stereocenters. The zero-order valence-corrected chi connectivity index (χ0v) is 13.6. The van der Waals surface area contributed by atoms with Crippen LogP contribution in [-0.4, -0.2) is 32.9 Å². The fraction of sp³-hybridized carbons (Fsp3) is 0.385. The molecule has 122 valence electrons. The second-order valence-corrected chi connectivity index (χ2v) is 7.02. The van der Waals surface area contributed by atoms with Gasteiger partial charge >= 0.3 is 5.97 Å². The number of benzene rings is 1. The summed E-state index contributed by atoms with van der Waals surface area (Å²) < 4.78 is 31.5. The largest absolute Gasteiger partial charge is 0.454 e. The second kappa shape index (κ2) is 7.57. The summed E-state index contributed by atoms with van der Waals surface area (Å²) in [5, 5.41) is 0.250. The monoisotopic (exact) mass is 348 g/mol. The Bertz CT molecular complexity index is 660. The van der Waals surface area contributed by atoms with Gasteiger partial charge in [0.15, 0.2) is 6.61 Å². The molecule has 1 amide bonds. The van der Waals surface area contributed by atoms with Gasteiger partial charge in [0, 0.05) is 5.02 Å². The Morgan fingerprint density at radius 2 is 2.00 bits per heavy atom. The maximum absolute atomic E-state index is 12.3. The number of sulfonamides is 1. The molecule has 7 nitrogen and oxygen atoms in total. The molecule has 0 aliphatic heterocycles. The number of carbonyl (C=O) groups excluding carboxylic acids is 2. The van der Waals surface area contributed by atoms with Crippen LogP contribution >= 0.6 is 11.6 Å². The third kappa shape index (κ3) is 5.28. The first kappa shape index (κ1) is 18.4. The van der Waals surface area contributed by atoms with Gasteiger partial charge in [-0.3, -0.25) is 9.59 Å². The number of nitrogens with two attached hydrogens (primary N) is 1. The Hall–Kier alpha value is -1.64. The number of amides is 1. The van der Waals surface area contributed by atoms with Crippen LogP contribution in [0.3, 0.4) is 0 Å². The van der Waals surface area contributed by atoms with Crippen molar-refractivity contribution in [3.05, 3.63) is 29.3 Å². The molecular formula is C13H17ClN2O5S. The van der Waals surface area contributed by atoms with E-state index in [2.05, 4.69) is 9.46 Å². The Morgan fingerprint density at radius 1 is 1.36 bits per heavy atom.